The van der Waals surface area contributed by atoms with Crippen LogP contribution in [0.4, 0.5) is 0 Å². The van der Waals surface area contributed by atoms with Crippen LogP contribution in [0.25, 0.3) is 0 Å². The van der Waals surface area contributed by atoms with Crippen LogP contribution in [0.2, 0.25) is 18.1 Å². The summed E-state index contributed by atoms with van der Waals surface area (Å²) in [6.07, 6.45) is 0.514. The molecule has 0 saturated heterocycles. The number of nitrogens with zero attached hydrogens (tertiary/aromatic N) is 1. The number of hydrogen-bond donors (Lipinski definition) is 0. The number of hydrogen-bond acceptors (Lipinski definition) is 4. The molecular formula is C16H23NO3Si. The summed E-state index contributed by atoms with van der Waals surface area (Å²) >= 11 is 0. The molecule has 0 amide bonds. The van der Waals surface area contributed by atoms with E-state index in [-0.39, 0.29) is 10.8 Å². The average molecular weight is 305 g/mol. The topological polar surface area (TPSA) is 47.9 Å². The van der Waals surface area contributed by atoms with Crippen molar-refractivity contribution in [2.24, 2.45) is 5.16 Å². The van der Waals surface area contributed by atoms with Crippen molar-refractivity contribution < 1.29 is 14.1 Å². The molecule has 0 heterocycles. The standard InChI is InChI=1S/C16H23NO3Si/c1-16(2,3)21(5,6)20-17-14-10-11-9-12(19-4)7-8-13(11)15(14)18/h7-9H,10H2,1-6H3. The highest BCUT2D eigenvalue weighted by molar-refractivity contribution is 6.74. The third-order valence-corrected chi connectivity index (χ3v) is 8.53. The summed E-state index contributed by atoms with van der Waals surface area (Å²) in [4.78, 5) is 12.3. The predicted molar refractivity (Wildman–Crippen MR) is 86.7 cm³/mol. The molecule has 1 aromatic carbocycles. The zero-order valence-electron chi connectivity index (χ0n) is 13.6. The van der Waals surface area contributed by atoms with Crippen molar-refractivity contribution in [1.82, 2.24) is 0 Å². The predicted octanol–water partition coefficient (Wildman–Crippen LogP) is 3.81. The van der Waals surface area contributed by atoms with Gasteiger partial charge in [-0.2, -0.15) is 0 Å². The van der Waals surface area contributed by atoms with Crippen molar-refractivity contribution in [3.8, 4) is 5.75 Å². The fourth-order valence-corrected chi connectivity index (χ4v) is 2.47. The number of oxime groups is 1. The van der Waals surface area contributed by atoms with E-state index in [4.69, 9.17) is 9.26 Å². The van der Waals surface area contributed by atoms with Gasteiger partial charge in [-0.3, -0.25) is 4.79 Å². The SMILES string of the molecule is COc1ccc2c(c1)CC(=NO[Si](C)(C)C(C)(C)C)C2=O. The summed E-state index contributed by atoms with van der Waals surface area (Å²) in [7, 11) is -0.368. The van der Waals surface area contributed by atoms with E-state index in [2.05, 4.69) is 39.0 Å². The number of rotatable bonds is 3. The Morgan fingerprint density at radius 2 is 1.90 bits per heavy atom. The summed E-state index contributed by atoms with van der Waals surface area (Å²) in [5.74, 6) is 0.722. The fourth-order valence-electron chi connectivity index (χ4n) is 1.86. The molecule has 0 fully saturated rings. The molecule has 4 nitrogen and oxygen atoms in total. The summed E-state index contributed by atoms with van der Waals surface area (Å²) < 4.78 is 11.0. The first-order chi connectivity index (χ1) is 9.65. The lowest BCUT2D eigenvalue weighted by Crippen LogP contribution is -2.39. The van der Waals surface area contributed by atoms with Gasteiger partial charge in [0.2, 0.25) is 5.78 Å². The third-order valence-electron chi connectivity index (χ3n) is 4.37. The molecule has 1 aromatic rings. The molecule has 0 unspecified atom stereocenters. The van der Waals surface area contributed by atoms with Crippen LogP contribution in [0.3, 0.4) is 0 Å². The second kappa shape index (κ2) is 5.29. The molecule has 1 aliphatic carbocycles. The third kappa shape index (κ3) is 3.02. The minimum absolute atomic E-state index is 0.0358. The monoisotopic (exact) mass is 305 g/mol. The van der Waals surface area contributed by atoms with Crippen LogP contribution >= 0.6 is 0 Å². The molecule has 5 heteroatoms. The molecule has 0 aromatic heterocycles. The molecule has 0 atom stereocenters. The van der Waals surface area contributed by atoms with E-state index in [0.29, 0.717) is 17.7 Å². The van der Waals surface area contributed by atoms with Crippen molar-refractivity contribution in [1.29, 1.82) is 0 Å². The van der Waals surface area contributed by atoms with Crippen LogP contribution in [0.1, 0.15) is 36.7 Å². The van der Waals surface area contributed by atoms with Gasteiger partial charge in [-0.25, -0.2) is 0 Å². The Morgan fingerprint density at radius 3 is 2.48 bits per heavy atom. The number of carbonyl (C=O) groups excluding carboxylic acids is 1. The molecule has 0 aliphatic heterocycles. The van der Waals surface area contributed by atoms with Gasteiger partial charge in [-0.05, 0) is 41.9 Å². The number of fused-ring (bicyclic) bond motifs is 1. The molecule has 2 rings (SSSR count). The number of benzene rings is 1. The molecule has 0 radical (unpaired) electrons. The Hall–Kier alpha value is -1.62. The maximum atomic E-state index is 12.3. The van der Waals surface area contributed by atoms with Gasteiger partial charge in [0.05, 0.1) is 7.11 Å². The van der Waals surface area contributed by atoms with Gasteiger partial charge in [0, 0.05) is 12.0 Å². The van der Waals surface area contributed by atoms with Crippen molar-refractivity contribution in [2.75, 3.05) is 7.11 Å². The zero-order valence-corrected chi connectivity index (χ0v) is 14.6. The smallest absolute Gasteiger partial charge is 0.286 e. The highest BCUT2D eigenvalue weighted by atomic mass is 28.4. The van der Waals surface area contributed by atoms with Gasteiger partial charge < -0.3 is 9.26 Å². The lowest BCUT2D eigenvalue weighted by molar-refractivity contribution is 0.106. The quantitative estimate of drug-likeness (QED) is 0.630. The Bertz CT molecular complexity index is 600. The van der Waals surface area contributed by atoms with Gasteiger partial charge >= 0.3 is 0 Å². The summed E-state index contributed by atoms with van der Waals surface area (Å²) in [6, 6.07) is 5.49. The van der Waals surface area contributed by atoms with Crippen LogP contribution in [-0.4, -0.2) is 26.9 Å². The van der Waals surface area contributed by atoms with E-state index in [1.54, 1.807) is 19.2 Å². The van der Waals surface area contributed by atoms with Crippen LogP contribution in [0, 0.1) is 0 Å². The van der Waals surface area contributed by atoms with Crippen molar-refractivity contribution in [2.45, 2.75) is 45.3 Å². The maximum absolute atomic E-state index is 12.3. The highest BCUT2D eigenvalue weighted by Crippen LogP contribution is 2.37. The highest BCUT2D eigenvalue weighted by Gasteiger charge is 2.40. The van der Waals surface area contributed by atoms with Crippen molar-refractivity contribution in [3.63, 3.8) is 0 Å². The summed E-state index contributed by atoms with van der Waals surface area (Å²) in [5, 5.41) is 4.26. The lowest BCUT2D eigenvalue weighted by Gasteiger charge is -2.33. The average Bonchev–Trinajstić information content (AvgIpc) is 2.71. The van der Waals surface area contributed by atoms with Crippen LogP contribution in [0.5, 0.6) is 5.75 Å². The van der Waals surface area contributed by atoms with E-state index >= 15 is 0 Å². The summed E-state index contributed by atoms with van der Waals surface area (Å²) in [5.41, 5.74) is 2.15. The molecule has 0 spiro atoms. The van der Waals surface area contributed by atoms with Gasteiger partial charge in [0.1, 0.15) is 11.5 Å². The second-order valence-corrected chi connectivity index (χ2v) is 11.6. The fraction of sp³-hybridized carbons (Fsp3) is 0.500. The molecule has 0 saturated carbocycles. The van der Waals surface area contributed by atoms with Gasteiger partial charge in [0.25, 0.3) is 8.32 Å². The molecule has 114 valence electrons. The molecule has 0 bridgehead atoms. The van der Waals surface area contributed by atoms with Crippen LogP contribution in [-0.2, 0) is 10.9 Å². The minimum atomic E-state index is -1.99. The largest absolute Gasteiger partial charge is 0.497 e. The van der Waals surface area contributed by atoms with Crippen molar-refractivity contribution >= 4 is 19.8 Å². The minimum Gasteiger partial charge on any atom is -0.497 e. The Kier molecular flexibility index (Phi) is 3.97. The first kappa shape index (κ1) is 15.8. The van der Waals surface area contributed by atoms with Gasteiger partial charge in [-0.15, -0.1) is 5.16 Å². The first-order valence-electron chi connectivity index (χ1n) is 7.12. The van der Waals surface area contributed by atoms with Gasteiger partial charge in [0.15, 0.2) is 0 Å². The Labute approximate surface area is 127 Å². The van der Waals surface area contributed by atoms with Crippen LogP contribution < -0.4 is 4.74 Å². The van der Waals surface area contributed by atoms with E-state index in [9.17, 15) is 4.79 Å². The van der Waals surface area contributed by atoms with E-state index in [1.807, 2.05) is 6.07 Å². The van der Waals surface area contributed by atoms with Gasteiger partial charge in [-0.1, -0.05) is 20.8 Å². The summed E-state index contributed by atoms with van der Waals surface area (Å²) in [6.45, 7) is 10.7. The number of methoxy groups -OCH3 is 1. The molecule has 0 N–H and O–H groups in total. The van der Waals surface area contributed by atoms with E-state index in [1.165, 1.54) is 0 Å². The number of ketones is 1. The molecule has 1 aliphatic rings. The maximum Gasteiger partial charge on any atom is 0.286 e. The normalized spacial score (nSPS) is 17.0. The zero-order chi connectivity index (χ0) is 15.8. The van der Waals surface area contributed by atoms with Crippen LogP contribution in [0.15, 0.2) is 23.4 Å². The number of carbonyl (C=O) groups is 1. The molecule has 21 heavy (non-hydrogen) atoms. The number of ether oxygens (including phenoxy) is 1. The Morgan fingerprint density at radius 1 is 1.24 bits per heavy atom. The molecular weight excluding hydrogens is 282 g/mol. The lowest BCUT2D eigenvalue weighted by atomic mass is 10.1. The number of Topliss-reactive ketones (excluding diaryl/α,β-unsaturated/α-hetero) is 1. The van der Waals surface area contributed by atoms with Crippen molar-refractivity contribution in [3.05, 3.63) is 29.3 Å². The van der Waals surface area contributed by atoms with E-state index in [0.717, 1.165) is 11.3 Å². The second-order valence-electron chi connectivity index (χ2n) is 6.92. The van der Waals surface area contributed by atoms with E-state index < -0.39 is 8.32 Å². The Balaban J connectivity index is 2.21. The first-order valence-corrected chi connectivity index (χ1v) is 10.0.